The summed E-state index contributed by atoms with van der Waals surface area (Å²) in [5.41, 5.74) is 3.50. The van der Waals surface area contributed by atoms with Crippen LogP contribution in [0.15, 0.2) is 18.2 Å². The van der Waals surface area contributed by atoms with Gasteiger partial charge in [-0.1, -0.05) is 6.42 Å². The molecule has 2 aliphatic heterocycles. The Bertz CT molecular complexity index is 747. The highest BCUT2D eigenvalue weighted by atomic mass is 16.1. The van der Waals surface area contributed by atoms with Gasteiger partial charge in [0.15, 0.2) is 0 Å². The minimum atomic E-state index is 0.250. The smallest absolute Gasteiger partial charge is 0.227 e. The number of benzene rings is 1. The first-order valence-corrected chi connectivity index (χ1v) is 11.5. The molecular formula is C24H35N3O. The van der Waals surface area contributed by atoms with E-state index in [2.05, 4.69) is 47.2 Å². The van der Waals surface area contributed by atoms with Crippen molar-refractivity contribution < 1.29 is 4.79 Å². The molecular weight excluding hydrogens is 346 g/mol. The van der Waals surface area contributed by atoms with Crippen LogP contribution in [0.2, 0.25) is 0 Å². The molecule has 4 heteroatoms. The lowest BCUT2D eigenvalue weighted by molar-refractivity contribution is -0.121. The highest BCUT2D eigenvalue weighted by Gasteiger charge is 2.43. The molecule has 152 valence electrons. The van der Waals surface area contributed by atoms with Gasteiger partial charge in [-0.2, -0.15) is 0 Å². The summed E-state index contributed by atoms with van der Waals surface area (Å²) in [6.07, 6.45) is 8.97. The van der Waals surface area contributed by atoms with Crippen molar-refractivity contribution in [2.24, 2.45) is 17.8 Å². The summed E-state index contributed by atoms with van der Waals surface area (Å²) in [6.45, 7) is 8.07. The number of amides is 1. The largest absolute Gasteiger partial charge is 0.370 e. The second kappa shape index (κ2) is 7.37. The summed E-state index contributed by atoms with van der Waals surface area (Å²) in [5, 5.41) is 3.25. The number of likely N-dealkylation sites (tertiary alicyclic amines) is 1. The molecule has 0 radical (unpaired) electrons. The predicted molar refractivity (Wildman–Crippen MR) is 115 cm³/mol. The summed E-state index contributed by atoms with van der Waals surface area (Å²) in [6, 6.07) is 8.05. The Morgan fingerprint density at radius 1 is 1.11 bits per heavy atom. The molecule has 2 saturated carbocycles. The number of nitrogens with one attached hydrogen (secondary N) is 1. The molecule has 0 aromatic heterocycles. The van der Waals surface area contributed by atoms with E-state index in [4.69, 9.17) is 0 Å². The fraction of sp³-hybridized carbons (Fsp3) is 0.708. The highest BCUT2D eigenvalue weighted by Crippen LogP contribution is 2.48. The Labute approximate surface area is 169 Å². The van der Waals surface area contributed by atoms with E-state index in [0.29, 0.717) is 12.0 Å². The third-order valence-electron chi connectivity index (χ3n) is 8.14. The molecule has 4 aliphatic rings. The number of nitrogens with zero attached hydrogens (tertiary/aromatic N) is 2. The van der Waals surface area contributed by atoms with Crippen molar-refractivity contribution in [2.45, 2.75) is 70.9 Å². The molecule has 3 unspecified atom stereocenters. The van der Waals surface area contributed by atoms with E-state index in [0.717, 1.165) is 37.2 Å². The number of carbonyl (C=O) groups is 1. The first-order valence-electron chi connectivity index (χ1n) is 11.5. The van der Waals surface area contributed by atoms with E-state index in [1.54, 1.807) is 0 Å². The summed E-state index contributed by atoms with van der Waals surface area (Å²) in [5.74, 6) is 1.96. The quantitative estimate of drug-likeness (QED) is 0.838. The van der Waals surface area contributed by atoms with Gasteiger partial charge in [0.1, 0.15) is 0 Å². The zero-order valence-corrected chi connectivity index (χ0v) is 17.5. The predicted octanol–water partition coefficient (Wildman–Crippen LogP) is 4.43. The first-order chi connectivity index (χ1) is 13.6. The molecule has 2 aliphatic carbocycles. The Kier molecular flexibility index (Phi) is 4.86. The fourth-order valence-corrected chi connectivity index (χ4v) is 6.52. The van der Waals surface area contributed by atoms with Crippen molar-refractivity contribution in [3.63, 3.8) is 0 Å². The molecule has 1 N–H and O–H groups in total. The monoisotopic (exact) mass is 381 g/mol. The van der Waals surface area contributed by atoms with E-state index in [9.17, 15) is 4.79 Å². The standard InChI is InChI=1S/C24H35N3O/c1-16-12-20(26-11-9-21(15-26)27-10-3-4-17(27)2)7-8-23(16)25-24(28)22-14-18-5-6-19(22)13-18/h7-8,12,17-19,21-22H,3-6,9-11,13-15H2,1-2H3,(H,25,28)/t17-,18?,19?,21-,22?/m0/s1. The Balaban J connectivity index is 1.22. The molecule has 4 fully saturated rings. The van der Waals surface area contributed by atoms with Crippen molar-refractivity contribution in [1.29, 1.82) is 0 Å². The van der Waals surface area contributed by atoms with Crippen LogP contribution >= 0.6 is 0 Å². The Hall–Kier alpha value is -1.55. The molecule has 5 rings (SSSR count). The van der Waals surface area contributed by atoms with Gasteiger partial charge in [-0.15, -0.1) is 0 Å². The topological polar surface area (TPSA) is 35.6 Å². The number of hydrogen-bond donors (Lipinski definition) is 1. The second-order valence-electron chi connectivity index (χ2n) is 9.89. The van der Waals surface area contributed by atoms with Crippen LogP contribution < -0.4 is 10.2 Å². The molecule has 2 saturated heterocycles. The van der Waals surface area contributed by atoms with Gasteiger partial charge >= 0.3 is 0 Å². The van der Waals surface area contributed by atoms with Crippen molar-refractivity contribution in [2.75, 3.05) is 29.9 Å². The third-order valence-corrected chi connectivity index (χ3v) is 8.14. The van der Waals surface area contributed by atoms with Crippen LogP contribution in [0, 0.1) is 24.7 Å². The van der Waals surface area contributed by atoms with Gasteiger partial charge in [-0.05, 0) is 94.5 Å². The second-order valence-corrected chi connectivity index (χ2v) is 9.89. The normalized spacial score (nSPS) is 35.1. The summed E-state index contributed by atoms with van der Waals surface area (Å²) < 4.78 is 0. The molecule has 2 bridgehead atoms. The van der Waals surface area contributed by atoms with E-state index >= 15 is 0 Å². The number of aryl methyl sites for hydroxylation is 1. The van der Waals surface area contributed by atoms with Gasteiger partial charge in [0.25, 0.3) is 0 Å². The lowest BCUT2D eigenvalue weighted by Crippen LogP contribution is -2.39. The fourth-order valence-electron chi connectivity index (χ4n) is 6.52. The lowest BCUT2D eigenvalue weighted by Gasteiger charge is -2.29. The number of rotatable bonds is 4. The number of fused-ring (bicyclic) bond motifs is 2. The summed E-state index contributed by atoms with van der Waals surface area (Å²) >= 11 is 0. The van der Waals surface area contributed by atoms with Crippen LogP contribution in [0.1, 0.15) is 57.4 Å². The molecule has 5 atom stereocenters. The maximum absolute atomic E-state index is 12.8. The maximum Gasteiger partial charge on any atom is 0.227 e. The van der Waals surface area contributed by atoms with Gasteiger partial charge in [-0.3, -0.25) is 9.69 Å². The molecule has 1 aromatic carbocycles. The van der Waals surface area contributed by atoms with Crippen molar-refractivity contribution in [3.8, 4) is 0 Å². The van der Waals surface area contributed by atoms with Crippen LogP contribution in [0.25, 0.3) is 0 Å². The van der Waals surface area contributed by atoms with E-state index in [1.807, 2.05) is 0 Å². The van der Waals surface area contributed by atoms with Gasteiger partial charge in [0, 0.05) is 42.5 Å². The van der Waals surface area contributed by atoms with E-state index < -0.39 is 0 Å². The zero-order chi connectivity index (χ0) is 19.3. The number of hydrogen-bond acceptors (Lipinski definition) is 3. The minimum Gasteiger partial charge on any atom is -0.370 e. The van der Waals surface area contributed by atoms with Gasteiger partial charge in [0.05, 0.1) is 0 Å². The average Bonchev–Trinajstić information content (AvgIpc) is 3.47. The van der Waals surface area contributed by atoms with Gasteiger partial charge in [-0.25, -0.2) is 0 Å². The van der Waals surface area contributed by atoms with Crippen LogP contribution in [0.4, 0.5) is 11.4 Å². The van der Waals surface area contributed by atoms with Crippen molar-refractivity contribution in [1.82, 2.24) is 4.90 Å². The van der Waals surface area contributed by atoms with Crippen LogP contribution in [0.3, 0.4) is 0 Å². The molecule has 0 spiro atoms. The van der Waals surface area contributed by atoms with Crippen molar-refractivity contribution in [3.05, 3.63) is 23.8 Å². The highest BCUT2D eigenvalue weighted by molar-refractivity contribution is 5.94. The summed E-state index contributed by atoms with van der Waals surface area (Å²) in [4.78, 5) is 18.0. The van der Waals surface area contributed by atoms with Crippen molar-refractivity contribution >= 4 is 17.3 Å². The SMILES string of the molecule is Cc1cc(N2CC[C@H](N3CCC[C@@H]3C)C2)ccc1NC(=O)C1CC2CCC1C2. The lowest BCUT2D eigenvalue weighted by atomic mass is 9.88. The molecule has 4 nitrogen and oxygen atoms in total. The van der Waals surface area contributed by atoms with Crippen LogP contribution in [-0.4, -0.2) is 42.5 Å². The Morgan fingerprint density at radius 3 is 2.68 bits per heavy atom. The first kappa shape index (κ1) is 18.5. The van der Waals surface area contributed by atoms with Crippen LogP contribution in [0.5, 0.6) is 0 Å². The molecule has 1 aromatic rings. The maximum atomic E-state index is 12.8. The van der Waals surface area contributed by atoms with Gasteiger partial charge < -0.3 is 10.2 Å². The Morgan fingerprint density at radius 2 is 2.00 bits per heavy atom. The molecule has 2 heterocycles. The van der Waals surface area contributed by atoms with E-state index in [-0.39, 0.29) is 11.8 Å². The number of carbonyl (C=O) groups excluding carboxylic acids is 1. The number of anilines is 2. The molecule has 28 heavy (non-hydrogen) atoms. The van der Waals surface area contributed by atoms with E-state index in [1.165, 1.54) is 56.3 Å². The van der Waals surface area contributed by atoms with Gasteiger partial charge in [0.2, 0.25) is 5.91 Å². The molecule has 1 amide bonds. The third kappa shape index (κ3) is 3.34. The average molecular weight is 382 g/mol. The van der Waals surface area contributed by atoms with Crippen LogP contribution in [-0.2, 0) is 4.79 Å². The summed E-state index contributed by atoms with van der Waals surface area (Å²) in [7, 11) is 0. The zero-order valence-electron chi connectivity index (χ0n) is 17.5. The minimum absolute atomic E-state index is 0.250.